The molecule has 0 spiro atoms. The Morgan fingerprint density at radius 1 is 1.24 bits per heavy atom. The highest BCUT2D eigenvalue weighted by molar-refractivity contribution is 4.98. The van der Waals surface area contributed by atoms with Gasteiger partial charge in [0.15, 0.2) is 0 Å². The van der Waals surface area contributed by atoms with Crippen LogP contribution in [0, 0.1) is 5.92 Å². The number of aliphatic hydroxyl groups excluding tert-OH is 1. The van der Waals surface area contributed by atoms with E-state index in [0.29, 0.717) is 12.5 Å². The molecule has 1 saturated carbocycles. The molecule has 2 fully saturated rings. The Morgan fingerprint density at radius 3 is 2.65 bits per heavy atom. The van der Waals surface area contributed by atoms with Crippen molar-refractivity contribution in [3.8, 4) is 0 Å². The fourth-order valence-corrected chi connectivity index (χ4v) is 3.70. The second kappa shape index (κ2) is 6.17. The Labute approximate surface area is 106 Å². The van der Waals surface area contributed by atoms with Crippen molar-refractivity contribution in [2.24, 2.45) is 5.92 Å². The van der Waals surface area contributed by atoms with Crippen molar-refractivity contribution in [3.05, 3.63) is 0 Å². The van der Waals surface area contributed by atoms with Crippen LogP contribution in [0.1, 0.15) is 44.9 Å². The molecule has 2 aliphatic rings. The second-order valence-electron chi connectivity index (χ2n) is 5.84. The van der Waals surface area contributed by atoms with Crippen LogP contribution in [0.15, 0.2) is 0 Å². The van der Waals surface area contributed by atoms with Gasteiger partial charge in [0, 0.05) is 5.54 Å². The molecule has 1 aliphatic heterocycles. The number of aliphatic hydroxyl groups is 1. The fraction of sp³-hybridized carbons (Fsp3) is 1.00. The highest BCUT2D eigenvalue weighted by Gasteiger charge is 2.40. The maximum Gasteiger partial charge on any atom is 0.0615 e. The normalized spacial score (nSPS) is 35.3. The van der Waals surface area contributed by atoms with Crippen LogP contribution in [0.4, 0.5) is 0 Å². The molecule has 2 unspecified atom stereocenters. The molecule has 2 N–H and O–H groups in total. The summed E-state index contributed by atoms with van der Waals surface area (Å²) in [5.74, 6) is 0.666. The van der Waals surface area contributed by atoms with E-state index >= 15 is 0 Å². The van der Waals surface area contributed by atoms with Crippen LogP contribution in [-0.2, 0) is 0 Å². The Hall–Kier alpha value is -0.120. The van der Waals surface area contributed by atoms with Gasteiger partial charge in [-0.05, 0) is 64.7 Å². The minimum absolute atomic E-state index is 0.0236. The van der Waals surface area contributed by atoms with Gasteiger partial charge < -0.3 is 15.3 Å². The molecule has 2 atom stereocenters. The molecule has 1 heterocycles. The summed E-state index contributed by atoms with van der Waals surface area (Å²) in [6.07, 6.45) is 9.12. The molecule has 1 saturated heterocycles. The predicted octanol–water partition coefficient (Wildman–Crippen LogP) is 1.61. The zero-order valence-electron chi connectivity index (χ0n) is 11.2. The summed E-state index contributed by atoms with van der Waals surface area (Å²) in [5.41, 5.74) is 0.0236. The predicted molar refractivity (Wildman–Crippen MR) is 71.1 cm³/mol. The number of piperidine rings is 1. The molecular formula is C14H28N2O. The summed E-state index contributed by atoms with van der Waals surface area (Å²) in [6, 6.07) is 0. The third-order valence-corrected chi connectivity index (χ3v) is 4.98. The fourth-order valence-electron chi connectivity index (χ4n) is 3.70. The van der Waals surface area contributed by atoms with Gasteiger partial charge in [0.05, 0.1) is 6.61 Å². The third-order valence-electron chi connectivity index (χ3n) is 4.98. The number of nitrogens with one attached hydrogen (secondary N) is 1. The Bertz CT molecular complexity index is 222. The molecule has 17 heavy (non-hydrogen) atoms. The summed E-state index contributed by atoms with van der Waals surface area (Å²) in [6.45, 7) is 4.11. The van der Waals surface area contributed by atoms with Gasteiger partial charge in [0.25, 0.3) is 0 Å². The summed E-state index contributed by atoms with van der Waals surface area (Å²) in [7, 11) is 2.01. The Morgan fingerprint density at radius 2 is 2.00 bits per heavy atom. The first-order valence-corrected chi connectivity index (χ1v) is 7.33. The topological polar surface area (TPSA) is 35.5 Å². The Balaban J connectivity index is 1.81. The molecule has 0 radical (unpaired) electrons. The number of hydrogen-bond donors (Lipinski definition) is 2. The number of likely N-dealkylation sites (N-methyl/N-ethyl adjacent to an activating group) is 1. The van der Waals surface area contributed by atoms with E-state index in [-0.39, 0.29) is 5.54 Å². The zero-order chi connectivity index (χ0) is 12.1. The molecule has 0 aromatic carbocycles. The number of likely N-dealkylation sites (tertiary alicyclic amines) is 1. The van der Waals surface area contributed by atoms with E-state index in [2.05, 4.69) is 10.2 Å². The van der Waals surface area contributed by atoms with Crippen LogP contribution in [0.5, 0.6) is 0 Å². The van der Waals surface area contributed by atoms with Crippen LogP contribution in [0.25, 0.3) is 0 Å². The van der Waals surface area contributed by atoms with Crippen molar-refractivity contribution in [2.75, 3.05) is 33.3 Å². The van der Waals surface area contributed by atoms with E-state index in [1.54, 1.807) is 0 Å². The molecular weight excluding hydrogens is 212 g/mol. The highest BCUT2D eigenvalue weighted by Crippen LogP contribution is 2.37. The van der Waals surface area contributed by atoms with E-state index in [1.165, 1.54) is 58.2 Å². The third kappa shape index (κ3) is 3.01. The smallest absolute Gasteiger partial charge is 0.0615 e. The Kier molecular flexibility index (Phi) is 4.83. The van der Waals surface area contributed by atoms with Crippen LogP contribution in [-0.4, -0.2) is 48.8 Å². The summed E-state index contributed by atoms with van der Waals surface area (Å²) in [5, 5.41) is 13.0. The molecule has 0 amide bonds. The first kappa shape index (κ1) is 13.3. The van der Waals surface area contributed by atoms with Crippen molar-refractivity contribution in [1.29, 1.82) is 0 Å². The van der Waals surface area contributed by atoms with E-state index in [1.807, 2.05) is 7.05 Å². The zero-order valence-corrected chi connectivity index (χ0v) is 11.2. The molecule has 0 aromatic heterocycles. The van der Waals surface area contributed by atoms with Gasteiger partial charge in [-0.3, -0.25) is 0 Å². The van der Waals surface area contributed by atoms with Crippen LogP contribution < -0.4 is 5.32 Å². The molecule has 0 aromatic rings. The van der Waals surface area contributed by atoms with Gasteiger partial charge in [-0.15, -0.1) is 0 Å². The van der Waals surface area contributed by atoms with Gasteiger partial charge in [-0.1, -0.05) is 12.8 Å². The lowest BCUT2D eigenvalue weighted by Gasteiger charge is -2.35. The lowest BCUT2D eigenvalue weighted by atomic mass is 9.85. The summed E-state index contributed by atoms with van der Waals surface area (Å²) in [4.78, 5) is 2.61. The van der Waals surface area contributed by atoms with E-state index in [0.717, 1.165) is 6.42 Å². The number of rotatable bonds is 5. The lowest BCUT2D eigenvalue weighted by Crippen LogP contribution is -2.50. The number of hydrogen-bond acceptors (Lipinski definition) is 3. The highest BCUT2D eigenvalue weighted by atomic mass is 16.3. The van der Waals surface area contributed by atoms with Crippen molar-refractivity contribution < 1.29 is 5.11 Å². The maximum atomic E-state index is 9.65. The standard InChI is InChI=1S/C14H28N2O/c1-15-14(12-17)8-5-6-13(14)7-11-16-9-3-2-4-10-16/h13,15,17H,2-12H2,1H3. The molecule has 3 nitrogen and oxygen atoms in total. The average Bonchev–Trinajstić information content (AvgIpc) is 2.81. The molecule has 1 aliphatic carbocycles. The largest absolute Gasteiger partial charge is 0.394 e. The minimum Gasteiger partial charge on any atom is -0.394 e. The number of nitrogens with zero attached hydrogens (tertiary/aromatic N) is 1. The van der Waals surface area contributed by atoms with E-state index < -0.39 is 0 Å². The summed E-state index contributed by atoms with van der Waals surface area (Å²) < 4.78 is 0. The van der Waals surface area contributed by atoms with E-state index in [9.17, 15) is 5.11 Å². The van der Waals surface area contributed by atoms with Gasteiger partial charge >= 0.3 is 0 Å². The van der Waals surface area contributed by atoms with Crippen LogP contribution >= 0.6 is 0 Å². The molecule has 100 valence electrons. The van der Waals surface area contributed by atoms with Gasteiger partial charge in [0.2, 0.25) is 0 Å². The molecule has 3 heteroatoms. The van der Waals surface area contributed by atoms with Crippen LogP contribution in [0.3, 0.4) is 0 Å². The first-order valence-electron chi connectivity index (χ1n) is 7.33. The van der Waals surface area contributed by atoms with Gasteiger partial charge in [-0.25, -0.2) is 0 Å². The second-order valence-corrected chi connectivity index (χ2v) is 5.84. The molecule has 2 rings (SSSR count). The average molecular weight is 240 g/mol. The minimum atomic E-state index is 0.0236. The van der Waals surface area contributed by atoms with E-state index in [4.69, 9.17) is 0 Å². The van der Waals surface area contributed by atoms with Crippen molar-refractivity contribution >= 4 is 0 Å². The first-order chi connectivity index (χ1) is 8.30. The van der Waals surface area contributed by atoms with Crippen LogP contribution in [0.2, 0.25) is 0 Å². The van der Waals surface area contributed by atoms with Gasteiger partial charge in [0.1, 0.15) is 0 Å². The lowest BCUT2D eigenvalue weighted by molar-refractivity contribution is 0.115. The summed E-state index contributed by atoms with van der Waals surface area (Å²) >= 11 is 0. The van der Waals surface area contributed by atoms with Crippen molar-refractivity contribution in [1.82, 2.24) is 10.2 Å². The monoisotopic (exact) mass is 240 g/mol. The SMILES string of the molecule is CNC1(CO)CCCC1CCN1CCCCC1. The van der Waals surface area contributed by atoms with Gasteiger partial charge in [-0.2, -0.15) is 0 Å². The quantitative estimate of drug-likeness (QED) is 0.766. The van der Waals surface area contributed by atoms with Crippen molar-refractivity contribution in [2.45, 2.75) is 50.5 Å². The van der Waals surface area contributed by atoms with Crippen molar-refractivity contribution in [3.63, 3.8) is 0 Å². The maximum absolute atomic E-state index is 9.65. The molecule has 0 bridgehead atoms.